The molecule has 2 rings (SSSR count). The first-order chi connectivity index (χ1) is 9.61. The van der Waals surface area contributed by atoms with Gasteiger partial charge < -0.3 is 4.90 Å². The van der Waals surface area contributed by atoms with Crippen molar-refractivity contribution in [1.29, 1.82) is 0 Å². The summed E-state index contributed by atoms with van der Waals surface area (Å²) >= 11 is 0. The van der Waals surface area contributed by atoms with Gasteiger partial charge in [-0.05, 0) is 31.4 Å². The summed E-state index contributed by atoms with van der Waals surface area (Å²) in [7, 11) is 0.878. The van der Waals surface area contributed by atoms with E-state index in [2.05, 4.69) is 0 Å². The molecule has 0 spiro atoms. The molecule has 0 radical (unpaired) electrons. The lowest BCUT2D eigenvalue weighted by molar-refractivity contribution is 0.0737. The molecular weight excluding hydrogens is 324 g/mol. The van der Waals surface area contributed by atoms with E-state index in [1.54, 1.807) is 6.92 Å². The van der Waals surface area contributed by atoms with E-state index in [0.717, 1.165) is 12.5 Å². The van der Waals surface area contributed by atoms with Crippen LogP contribution in [0.25, 0.3) is 0 Å². The zero-order chi connectivity index (χ0) is 15.9. The molecule has 2 unspecified atom stereocenters. The van der Waals surface area contributed by atoms with Gasteiger partial charge in [0, 0.05) is 23.3 Å². The summed E-state index contributed by atoms with van der Waals surface area (Å²) in [6.45, 7) is 4.16. The Balaban J connectivity index is 2.48. The molecule has 4 nitrogen and oxygen atoms in total. The van der Waals surface area contributed by atoms with Crippen molar-refractivity contribution in [2.45, 2.75) is 31.2 Å². The molecule has 8 heteroatoms. The molecular formula is C13H14ClF2NO3S. The smallest absolute Gasteiger partial charge is 0.261 e. The van der Waals surface area contributed by atoms with Crippen LogP contribution in [0.4, 0.5) is 8.78 Å². The standard InChI is InChI=1S/C13H14ClF2NO3S/c1-7-3-8(2)17(6-7)13(18)10-4-9(21(14,19)20)5-11(15)12(10)16/h4-5,7-8H,3,6H2,1-2H3. The van der Waals surface area contributed by atoms with E-state index < -0.39 is 37.1 Å². The molecule has 1 aliphatic rings. The molecule has 1 aromatic rings. The second-order valence-corrected chi connectivity index (χ2v) is 7.92. The number of nitrogens with zero attached hydrogens (tertiary/aromatic N) is 1. The summed E-state index contributed by atoms with van der Waals surface area (Å²) in [6.07, 6.45) is 0.753. The van der Waals surface area contributed by atoms with Gasteiger partial charge in [-0.1, -0.05) is 6.92 Å². The Labute approximate surface area is 126 Å². The third-order valence-corrected chi connectivity index (χ3v) is 4.89. The molecule has 116 valence electrons. The number of carbonyl (C=O) groups is 1. The van der Waals surface area contributed by atoms with Crippen molar-refractivity contribution in [2.24, 2.45) is 5.92 Å². The van der Waals surface area contributed by atoms with E-state index in [0.29, 0.717) is 12.6 Å². The van der Waals surface area contributed by atoms with Crippen LogP contribution in [0.2, 0.25) is 0 Å². The zero-order valence-corrected chi connectivity index (χ0v) is 13.0. The van der Waals surface area contributed by atoms with E-state index in [-0.39, 0.29) is 12.0 Å². The highest BCUT2D eigenvalue weighted by molar-refractivity contribution is 8.13. The summed E-state index contributed by atoms with van der Waals surface area (Å²) in [6, 6.07) is 1.12. The molecule has 0 N–H and O–H groups in total. The van der Waals surface area contributed by atoms with Gasteiger partial charge >= 0.3 is 0 Å². The molecule has 0 bridgehead atoms. The lowest BCUT2D eigenvalue weighted by atomic mass is 10.1. The molecule has 0 saturated carbocycles. The largest absolute Gasteiger partial charge is 0.336 e. The van der Waals surface area contributed by atoms with Crippen molar-refractivity contribution in [3.8, 4) is 0 Å². The lowest BCUT2D eigenvalue weighted by Crippen LogP contribution is -2.34. The highest BCUT2D eigenvalue weighted by Crippen LogP contribution is 2.27. The number of carbonyl (C=O) groups excluding carboxylic acids is 1. The van der Waals surface area contributed by atoms with Gasteiger partial charge in [0.05, 0.1) is 10.5 Å². The molecule has 1 aliphatic heterocycles. The quantitative estimate of drug-likeness (QED) is 0.780. The van der Waals surface area contributed by atoms with Gasteiger partial charge in [-0.3, -0.25) is 4.79 Å². The van der Waals surface area contributed by atoms with Gasteiger partial charge in [0.2, 0.25) is 0 Å². The summed E-state index contributed by atoms with van der Waals surface area (Å²) < 4.78 is 49.9. The number of hydrogen-bond donors (Lipinski definition) is 0. The summed E-state index contributed by atoms with van der Waals surface area (Å²) in [4.78, 5) is 13.1. The van der Waals surface area contributed by atoms with Crippen LogP contribution in [0.15, 0.2) is 17.0 Å². The van der Waals surface area contributed by atoms with Crippen molar-refractivity contribution in [3.05, 3.63) is 29.3 Å². The first kappa shape index (κ1) is 16.2. The maximum Gasteiger partial charge on any atom is 0.261 e. The first-order valence-electron chi connectivity index (χ1n) is 6.36. The van der Waals surface area contributed by atoms with Gasteiger partial charge in [0.25, 0.3) is 15.0 Å². The second-order valence-electron chi connectivity index (χ2n) is 5.35. The molecule has 1 fully saturated rings. The monoisotopic (exact) mass is 337 g/mol. The van der Waals surface area contributed by atoms with E-state index in [9.17, 15) is 22.0 Å². The summed E-state index contributed by atoms with van der Waals surface area (Å²) in [5.74, 6) is -3.27. The van der Waals surface area contributed by atoms with Gasteiger partial charge in [0.1, 0.15) is 0 Å². The molecule has 0 aromatic heterocycles. The van der Waals surface area contributed by atoms with Gasteiger partial charge in [-0.25, -0.2) is 17.2 Å². The molecule has 2 atom stereocenters. The van der Waals surface area contributed by atoms with Crippen LogP contribution in [0.1, 0.15) is 30.6 Å². The van der Waals surface area contributed by atoms with Crippen LogP contribution in [0, 0.1) is 17.6 Å². The number of rotatable bonds is 2. The van der Waals surface area contributed by atoms with Crippen LogP contribution in [0.3, 0.4) is 0 Å². The second kappa shape index (κ2) is 5.53. The number of likely N-dealkylation sites (tertiary alicyclic amines) is 1. The highest BCUT2D eigenvalue weighted by Gasteiger charge is 2.33. The van der Waals surface area contributed by atoms with Crippen molar-refractivity contribution in [1.82, 2.24) is 4.90 Å². The van der Waals surface area contributed by atoms with Crippen LogP contribution in [-0.4, -0.2) is 31.8 Å². The van der Waals surface area contributed by atoms with Gasteiger partial charge in [-0.15, -0.1) is 0 Å². The molecule has 1 saturated heterocycles. The average Bonchev–Trinajstić information content (AvgIpc) is 2.69. The third kappa shape index (κ3) is 3.18. The molecule has 21 heavy (non-hydrogen) atoms. The van der Waals surface area contributed by atoms with Crippen molar-refractivity contribution in [3.63, 3.8) is 0 Å². The number of hydrogen-bond acceptors (Lipinski definition) is 3. The summed E-state index contributed by atoms with van der Waals surface area (Å²) in [5, 5.41) is 0. The fourth-order valence-electron chi connectivity index (χ4n) is 2.60. The Kier molecular flexibility index (Phi) is 4.26. The summed E-state index contributed by atoms with van der Waals surface area (Å²) in [5.41, 5.74) is -0.616. The Morgan fingerprint density at radius 3 is 2.43 bits per heavy atom. The lowest BCUT2D eigenvalue weighted by Gasteiger charge is -2.22. The van der Waals surface area contributed by atoms with Crippen molar-refractivity contribution >= 4 is 25.6 Å². The highest BCUT2D eigenvalue weighted by atomic mass is 35.7. The van der Waals surface area contributed by atoms with Gasteiger partial charge in [0.15, 0.2) is 11.6 Å². The number of benzene rings is 1. The normalized spacial score (nSPS) is 22.6. The predicted octanol–water partition coefficient (Wildman–Crippen LogP) is 2.76. The molecule has 1 heterocycles. The van der Waals surface area contributed by atoms with E-state index in [4.69, 9.17) is 10.7 Å². The fraction of sp³-hybridized carbons (Fsp3) is 0.462. The van der Waals surface area contributed by atoms with Gasteiger partial charge in [-0.2, -0.15) is 0 Å². The van der Waals surface area contributed by atoms with Crippen LogP contribution in [-0.2, 0) is 9.05 Å². The Hall–Kier alpha value is -1.21. The Bertz CT molecular complexity index is 693. The van der Waals surface area contributed by atoms with Crippen LogP contribution < -0.4 is 0 Å². The maximum absolute atomic E-state index is 13.8. The van der Waals surface area contributed by atoms with Crippen molar-refractivity contribution in [2.75, 3.05) is 6.54 Å². The maximum atomic E-state index is 13.8. The molecule has 1 aromatic carbocycles. The number of amides is 1. The van der Waals surface area contributed by atoms with E-state index >= 15 is 0 Å². The third-order valence-electron chi connectivity index (χ3n) is 3.56. The fourth-order valence-corrected chi connectivity index (χ4v) is 3.37. The van der Waals surface area contributed by atoms with Crippen molar-refractivity contribution < 1.29 is 22.0 Å². The Morgan fingerprint density at radius 2 is 1.95 bits per heavy atom. The van der Waals surface area contributed by atoms with Crippen LogP contribution in [0.5, 0.6) is 0 Å². The SMILES string of the molecule is CC1CC(C)N(C(=O)c2cc(S(=O)(=O)Cl)cc(F)c2F)C1. The minimum Gasteiger partial charge on any atom is -0.336 e. The minimum absolute atomic E-state index is 0.119. The van der Waals surface area contributed by atoms with E-state index in [1.807, 2.05) is 6.92 Å². The zero-order valence-electron chi connectivity index (χ0n) is 11.4. The number of halogens is 3. The van der Waals surface area contributed by atoms with Crippen LogP contribution >= 0.6 is 10.7 Å². The predicted molar refractivity (Wildman–Crippen MR) is 73.7 cm³/mol. The topological polar surface area (TPSA) is 54.5 Å². The molecule has 0 aliphatic carbocycles. The van der Waals surface area contributed by atoms with E-state index in [1.165, 1.54) is 4.90 Å². The Morgan fingerprint density at radius 1 is 1.33 bits per heavy atom. The first-order valence-corrected chi connectivity index (χ1v) is 8.67. The minimum atomic E-state index is -4.25. The molecule has 1 amide bonds. The average molecular weight is 338 g/mol.